The number of aromatic nitrogens is 4. The molecule has 0 aliphatic carbocycles. The molecule has 7 nitrogen and oxygen atoms in total. The summed E-state index contributed by atoms with van der Waals surface area (Å²) in [7, 11) is 0. The van der Waals surface area contributed by atoms with Crippen LogP contribution in [0.4, 0.5) is 0 Å². The van der Waals surface area contributed by atoms with Gasteiger partial charge in [0.1, 0.15) is 6.04 Å². The summed E-state index contributed by atoms with van der Waals surface area (Å²) < 4.78 is 6.54. The minimum atomic E-state index is -0.207. The monoisotopic (exact) mass is 289 g/mol. The maximum Gasteiger partial charge on any atom is 0.247 e. The quantitative estimate of drug-likeness (QED) is 0.854. The van der Waals surface area contributed by atoms with Crippen LogP contribution >= 0.6 is 0 Å². The molecule has 1 aliphatic heterocycles. The van der Waals surface area contributed by atoms with Gasteiger partial charge in [-0.05, 0) is 25.3 Å². The molecule has 0 unspecified atom stereocenters. The molecule has 1 fully saturated rings. The van der Waals surface area contributed by atoms with Crippen molar-refractivity contribution < 1.29 is 9.32 Å². The third kappa shape index (κ3) is 2.81. The molecule has 2 aromatic rings. The number of nitrogens with zero attached hydrogens (tertiary/aromatic N) is 5. The Morgan fingerprint density at radius 1 is 1.48 bits per heavy atom. The largest absolute Gasteiger partial charge is 0.343 e. The number of carbonyl (C=O) groups is 1. The Hall–Kier alpha value is -2.18. The van der Waals surface area contributed by atoms with E-state index in [0.717, 1.165) is 38.2 Å². The van der Waals surface area contributed by atoms with Crippen LogP contribution in [0.3, 0.4) is 0 Å². The van der Waals surface area contributed by atoms with Crippen molar-refractivity contribution in [1.82, 2.24) is 24.8 Å². The van der Waals surface area contributed by atoms with E-state index in [9.17, 15) is 4.79 Å². The summed E-state index contributed by atoms with van der Waals surface area (Å²) in [5.41, 5.74) is 0. The van der Waals surface area contributed by atoms with E-state index >= 15 is 0 Å². The molecule has 1 amide bonds. The Labute approximate surface area is 122 Å². The fraction of sp³-hybridized carbons (Fsp3) is 0.571. The van der Waals surface area contributed by atoms with Crippen LogP contribution in [0.2, 0.25) is 0 Å². The number of piperidine rings is 1. The van der Waals surface area contributed by atoms with Crippen LogP contribution in [0.25, 0.3) is 0 Å². The zero-order valence-corrected chi connectivity index (χ0v) is 12.1. The molecular formula is C14H19N5O2. The van der Waals surface area contributed by atoms with Gasteiger partial charge >= 0.3 is 0 Å². The standard InChI is InChI=1S/C14H19N5O2/c1-2-12(19-7-3-6-16-19)14(20)18-8-4-11(5-9-18)13-15-10-21-17-13/h3,6-7,10-12H,2,4-5,8-9H2,1H3/t12-/m1/s1. The molecular weight excluding hydrogens is 270 g/mol. The highest BCUT2D eigenvalue weighted by molar-refractivity contribution is 5.80. The third-order valence-electron chi connectivity index (χ3n) is 4.07. The first-order chi connectivity index (χ1) is 10.3. The van der Waals surface area contributed by atoms with Gasteiger partial charge in [-0.1, -0.05) is 12.1 Å². The van der Waals surface area contributed by atoms with Gasteiger partial charge in [0.25, 0.3) is 0 Å². The normalized spacial score (nSPS) is 17.9. The van der Waals surface area contributed by atoms with Crippen molar-refractivity contribution in [3.05, 3.63) is 30.7 Å². The van der Waals surface area contributed by atoms with Gasteiger partial charge in [0, 0.05) is 31.4 Å². The molecule has 1 saturated heterocycles. The van der Waals surface area contributed by atoms with Gasteiger partial charge in [-0.2, -0.15) is 10.1 Å². The van der Waals surface area contributed by atoms with Crippen LogP contribution in [0.1, 0.15) is 44.0 Å². The van der Waals surface area contributed by atoms with Crippen molar-refractivity contribution in [2.75, 3.05) is 13.1 Å². The lowest BCUT2D eigenvalue weighted by molar-refractivity contribution is -0.136. The van der Waals surface area contributed by atoms with Gasteiger partial charge in [-0.3, -0.25) is 9.48 Å². The molecule has 0 aromatic carbocycles. The maximum absolute atomic E-state index is 12.6. The molecule has 2 aromatic heterocycles. The minimum absolute atomic E-state index is 0.146. The van der Waals surface area contributed by atoms with Crippen molar-refractivity contribution in [3.8, 4) is 0 Å². The fourth-order valence-corrected chi connectivity index (χ4v) is 2.87. The Bertz CT molecular complexity index is 558. The predicted molar refractivity (Wildman–Crippen MR) is 74.4 cm³/mol. The topological polar surface area (TPSA) is 77.0 Å². The molecule has 0 N–H and O–H groups in total. The number of rotatable bonds is 4. The molecule has 3 heterocycles. The molecule has 112 valence electrons. The first-order valence-electron chi connectivity index (χ1n) is 7.33. The van der Waals surface area contributed by atoms with Crippen molar-refractivity contribution in [3.63, 3.8) is 0 Å². The maximum atomic E-state index is 12.6. The lowest BCUT2D eigenvalue weighted by Gasteiger charge is -2.33. The van der Waals surface area contributed by atoms with E-state index in [1.807, 2.05) is 24.1 Å². The average Bonchev–Trinajstić information content (AvgIpc) is 3.22. The summed E-state index contributed by atoms with van der Waals surface area (Å²) in [5, 5.41) is 8.09. The Morgan fingerprint density at radius 3 is 2.86 bits per heavy atom. The number of likely N-dealkylation sites (tertiary alicyclic amines) is 1. The number of hydrogen-bond donors (Lipinski definition) is 0. The predicted octanol–water partition coefficient (Wildman–Crippen LogP) is 1.62. The summed E-state index contributed by atoms with van der Waals surface area (Å²) in [4.78, 5) is 18.7. The minimum Gasteiger partial charge on any atom is -0.343 e. The number of hydrogen-bond acceptors (Lipinski definition) is 5. The third-order valence-corrected chi connectivity index (χ3v) is 4.07. The first-order valence-corrected chi connectivity index (χ1v) is 7.33. The zero-order chi connectivity index (χ0) is 14.7. The lowest BCUT2D eigenvalue weighted by atomic mass is 9.95. The second-order valence-corrected chi connectivity index (χ2v) is 5.30. The summed E-state index contributed by atoms with van der Waals surface area (Å²) in [6.45, 7) is 3.47. The van der Waals surface area contributed by atoms with Crippen molar-refractivity contribution in [2.45, 2.75) is 38.1 Å². The van der Waals surface area contributed by atoms with Gasteiger partial charge in [0.05, 0.1) is 0 Å². The highest BCUT2D eigenvalue weighted by Gasteiger charge is 2.30. The van der Waals surface area contributed by atoms with Crippen LogP contribution in [0, 0.1) is 0 Å². The first kappa shape index (κ1) is 13.8. The van der Waals surface area contributed by atoms with Gasteiger partial charge in [0.15, 0.2) is 5.82 Å². The van der Waals surface area contributed by atoms with Gasteiger partial charge in [0.2, 0.25) is 12.3 Å². The highest BCUT2D eigenvalue weighted by atomic mass is 16.5. The van der Waals surface area contributed by atoms with E-state index in [4.69, 9.17) is 4.52 Å². The van der Waals surface area contributed by atoms with Crippen LogP contribution in [0.5, 0.6) is 0 Å². The Balaban J connectivity index is 1.62. The molecule has 3 rings (SSSR count). The number of amides is 1. The van der Waals surface area contributed by atoms with E-state index in [1.165, 1.54) is 6.39 Å². The lowest BCUT2D eigenvalue weighted by Crippen LogP contribution is -2.42. The molecule has 1 aliphatic rings. The molecule has 0 bridgehead atoms. The summed E-state index contributed by atoms with van der Waals surface area (Å²) in [6, 6.07) is 1.64. The van der Waals surface area contributed by atoms with E-state index in [0.29, 0.717) is 0 Å². The van der Waals surface area contributed by atoms with Crippen molar-refractivity contribution in [2.24, 2.45) is 0 Å². The fourth-order valence-electron chi connectivity index (χ4n) is 2.87. The van der Waals surface area contributed by atoms with Crippen LogP contribution in [0.15, 0.2) is 29.4 Å². The summed E-state index contributed by atoms with van der Waals surface area (Å²) >= 11 is 0. The Morgan fingerprint density at radius 2 is 2.29 bits per heavy atom. The van der Waals surface area contributed by atoms with Gasteiger partial charge < -0.3 is 9.42 Å². The highest BCUT2D eigenvalue weighted by Crippen LogP contribution is 2.27. The summed E-state index contributed by atoms with van der Waals surface area (Å²) in [5.74, 6) is 1.19. The Kier molecular flexibility index (Phi) is 3.98. The van der Waals surface area contributed by atoms with Crippen molar-refractivity contribution >= 4 is 5.91 Å². The van der Waals surface area contributed by atoms with Crippen molar-refractivity contribution in [1.29, 1.82) is 0 Å². The van der Waals surface area contributed by atoms with Crippen LogP contribution < -0.4 is 0 Å². The molecule has 1 atom stereocenters. The second-order valence-electron chi connectivity index (χ2n) is 5.30. The van der Waals surface area contributed by atoms with Gasteiger partial charge in [-0.15, -0.1) is 0 Å². The van der Waals surface area contributed by atoms with E-state index in [2.05, 4.69) is 15.2 Å². The zero-order valence-electron chi connectivity index (χ0n) is 12.1. The van der Waals surface area contributed by atoms with E-state index in [1.54, 1.807) is 10.9 Å². The molecule has 0 radical (unpaired) electrons. The number of carbonyl (C=O) groups excluding carboxylic acids is 1. The molecule has 7 heteroatoms. The molecule has 0 saturated carbocycles. The van der Waals surface area contributed by atoms with Gasteiger partial charge in [-0.25, -0.2) is 0 Å². The summed E-state index contributed by atoms with van der Waals surface area (Å²) in [6.07, 6.45) is 7.40. The SMILES string of the molecule is CC[C@H](C(=O)N1CCC(c2ncon2)CC1)n1cccn1. The van der Waals surface area contributed by atoms with E-state index < -0.39 is 0 Å². The molecule has 21 heavy (non-hydrogen) atoms. The van der Waals surface area contributed by atoms with E-state index in [-0.39, 0.29) is 17.9 Å². The smallest absolute Gasteiger partial charge is 0.247 e. The van der Waals surface area contributed by atoms with Crippen LogP contribution in [-0.2, 0) is 4.79 Å². The average molecular weight is 289 g/mol. The van der Waals surface area contributed by atoms with Crippen LogP contribution in [-0.4, -0.2) is 43.8 Å². The second kappa shape index (κ2) is 6.07. The molecule has 0 spiro atoms.